The van der Waals surface area contributed by atoms with E-state index in [1.165, 1.54) is 0 Å². The maximum atomic E-state index is 4.00. The Bertz CT molecular complexity index is 84.9. The third-order valence-corrected chi connectivity index (χ3v) is 0.759. The fourth-order valence-electron chi connectivity index (χ4n) is 0.374. The van der Waals surface area contributed by atoms with Crippen LogP contribution >= 0.6 is 0 Å². The molecule has 0 aliphatic rings. The van der Waals surface area contributed by atoms with Crippen molar-refractivity contribution >= 4 is 0 Å². The van der Waals surface area contributed by atoms with Crippen LogP contribution in [0.3, 0.4) is 0 Å². The molecule has 2 nitrogen and oxygen atoms in total. The van der Waals surface area contributed by atoms with Crippen LogP contribution in [0.4, 0.5) is 0 Å². The highest BCUT2D eigenvalue weighted by Crippen LogP contribution is 1.94. The molecule has 0 atom stereocenters. The molecule has 0 aromatic heterocycles. The van der Waals surface area contributed by atoms with Crippen LogP contribution < -0.4 is 0 Å². The summed E-state index contributed by atoms with van der Waals surface area (Å²) in [5, 5.41) is 7.99. The van der Waals surface area contributed by atoms with Gasteiger partial charge in [0.2, 0.25) is 0 Å². The molecule has 0 aliphatic carbocycles. The summed E-state index contributed by atoms with van der Waals surface area (Å²) in [6.45, 7) is 9.20. The predicted molar refractivity (Wildman–Crippen MR) is 39.7 cm³/mol. The SMILES string of the molecule is CC(C)CN=NC(C)C. The highest BCUT2D eigenvalue weighted by molar-refractivity contribution is 4.48. The summed E-state index contributed by atoms with van der Waals surface area (Å²) in [7, 11) is 0. The molecule has 2 heteroatoms. The molecular formula is C7H16N2. The lowest BCUT2D eigenvalue weighted by Crippen LogP contribution is -1.92. The molecule has 0 radical (unpaired) electrons. The molecule has 0 fully saturated rings. The Morgan fingerprint density at radius 3 is 2.00 bits per heavy atom. The predicted octanol–water partition coefficient (Wildman–Crippen LogP) is 2.50. The van der Waals surface area contributed by atoms with E-state index < -0.39 is 0 Å². The van der Waals surface area contributed by atoms with Gasteiger partial charge in [-0.1, -0.05) is 13.8 Å². The van der Waals surface area contributed by atoms with Crippen LogP contribution in [-0.4, -0.2) is 12.6 Å². The highest BCUT2D eigenvalue weighted by atomic mass is 15.1. The molecule has 0 unspecified atom stereocenters. The van der Waals surface area contributed by atoms with E-state index in [1.54, 1.807) is 0 Å². The van der Waals surface area contributed by atoms with Crippen LogP contribution in [0.5, 0.6) is 0 Å². The van der Waals surface area contributed by atoms with Crippen molar-refractivity contribution in [1.82, 2.24) is 0 Å². The Kier molecular flexibility index (Phi) is 4.28. The average molecular weight is 128 g/mol. The van der Waals surface area contributed by atoms with Crippen LogP contribution in [0, 0.1) is 5.92 Å². The number of hydrogen-bond acceptors (Lipinski definition) is 2. The fourth-order valence-corrected chi connectivity index (χ4v) is 0.374. The zero-order valence-corrected chi connectivity index (χ0v) is 6.76. The summed E-state index contributed by atoms with van der Waals surface area (Å²) >= 11 is 0. The Morgan fingerprint density at radius 2 is 1.67 bits per heavy atom. The zero-order valence-electron chi connectivity index (χ0n) is 6.76. The van der Waals surface area contributed by atoms with Crippen LogP contribution in [0.15, 0.2) is 10.2 Å². The molecular weight excluding hydrogens is 112 g/mol. The number of hydrogen-bond donors (Lipinski definition) is 0. The normalized spacial score (nSPS) is 12.2. The second-order valence-electron chi connectivity index (χ2n) is 2.93. The van der Waals surface area contributed by atoms with E-state index >= 15 is 0 Å². The first-order valence-electron chi connectivity index (χ1n) is 3.49. The molecule has 0 bridgehead atoms. The van der Waals surface area contributed by atoms with Gasteiger partial charge in [-0.2, -0.15) is 10.2 Å². The monoisotopic (exact) mass is 128 g/mol. The van der Waals surface area contributed by atoms with E-state index in [9.17, 15) is 0 Å². The molecule has 0 saturated carbocycles. The van der Waals surface area contributed by atoms with Gasteiger partial charge in [0.15, 0.2) is 0 Å². The maximum Gasteiger partial charge on any atom is 0.0652 e. The van der Waals surface area contributed by atoms with Gasteiger partial charge in [-0.25, -0.2) is 0 Å². The Labute approximate surface area is 57.4 Å². The quantitative estimate of drug-likeness (QED) is 0.522. The van der Waals surface area contributed by atoms with E-state index in [0.717, 1.165) is 6.54 Å². The summed E-state index contributed by atoms with van der Waals surface area (Å²) in [4.78, 5) is 0. The second-order valence-corrected chi connectivity index (χ2v) is 2.93. The molecule has 54 valence electrons. The van der Waals surface area contributed by atoms with Gasteiger partial charge in [0.1, 0.15) is 0 Å². The standard InChI is InChI=1S/C7H16N2/c1-6(2)5-8-9-7(3)4/h6-7H,5H2,1-4H3. The molecule has 0 aliphatic heterocycles. The molecule has 0 aromatic carbocycles. The smallest absolute Gasteiger partial charge is 0.0652 e. The van der Waals surface area contributed by atoms with Gasteiger partial charge in [-0.15, -0.1) is 0 Å². The highest BCUT2D eigenvalue weighted by Gasteiger charge is 1.89. The van der Waals surface area contributed by atoms with Gasteiger partial charge in [0.25, 0.3) is 0 Å². The van der Waals surface area contributed by atoms with Crippen LogP contribution in [-0.2, 0) is 0 Å². The lowest BCUT2D eigenvalue weighted by atomic mass is 10.2. The third kappa shape index (κ3) is 7.60. The molecule has 0 heterocycles. The summed E-state index contributed by atoms with van der Waals surface area (Å²) < 4.78 is 0. The largest absolute Gasteiger partial charge is 0.194 e. The molecule has 0 N–H and O–H groups in total. The van der Waals surface area contributed by atoms with Crippen molar-refractivity contribution in [2.75, 3.05) is 6.54 Å². The van der Waals surface area contributed by atoms with Gasteiger partial charge in [0.05, 0.1) is 12.6 Å². The first kappa shape index (κ1) is 8.60. The minimum Gasteiger partial charge on any atom is -0.194 e. The Balaban J connectivity index is 3.25. The van der Waals surface area contributed by atoms with Gasteiger partial charge < -0.3 is 0 Å². The summed E-state index contributed by atoms with van der Waals surface area (Å²) in [6, 6.07) is 0.351. The number of azo groups is 1. The second kappa shape index (κ2) is 4.48. The van der Waals surface area contributed by atoms with Crippen molar-refractivity contribution < 1.29 is 0 Å². The molecule has 9 heavy (non-hydrogen) atoms. The number of nitrogens with zero attached hydrogens (tertiary/aromatic N) is 2. The van der Waals surface area contributed by atoms with Crippen molar-refractivity contribution in [2.24, 2.45) is 16.1 Å². The van der Waals surface area contributed by atoms with Crippen molar-refractivity contribution in [3.63, 3.8) is 0 Å². The summed E-state index contributed by atoms with van der Waals surface area (Å²) in [5.74, 6) is 0.632. The molecule has 0 spiro atoms. The first-order chi connectivity index (χ1) is 4.13. The van der Waals surface area contributed by atoms with E-state index in [1.807, 2.05) is 13.8 Å². The van der Waals surface area contributed by atoms with Gasteiger partial charge in [0, 0.05) is 0 Å². The van der Waals surface area contributed by atoms with Crippen molar-refractivity contribution in [3.05, 3.63) is 0 Å². The van der Waals surface area contributed by atoms with Crippen molar-refractivity contribution in [3.8, 4) is 0 Å². The maximum absolute atomic E-state index is 4.00. The van der Waals surface area contributed by atoms with E-state index in [0.29, 0.717) is 12.0 Å². The average Bonchev–Trinajstić information content (AvgIpc) is 1.63. The topological polar surface area (TPSA) is 24.7 Å². The van der Waals surface area contributed by atoms with E-state index in [4.69, 9.17) is 0 Å². The van der Waals surface area contributed by atoms with Crippen molar-refractivity contribution in [1.29, 1.82) is 0 Å². The van der Waals surface area contributed by atoms with E-state index in [-0.39, 0.29) is 0 Å². The molecule has 0 saturated heterocycles. The fraction of sp³-hybridized carbons (Fsp3) is 1.00. The minimum atomic E-state index is 0.351. The zero-order chi connectivity index (χ0) is 7.28. The van der Waals surface area contributed by atoms with Gasteiger partial charge in [-0.05, 0) is 19.8 Å². The Hall–Kier alpha value is -0.400. The Morgan fingerprint density at radius 1 is 1.11 bits per heavy atom. The lowest BCUT2D eigenvalue weighted by Gasteiger charge is -1.96. The number of rotatable bonds is 3. The lowest BCUT2D eigenvalue weighted by molar-refractivity contribution is 0.618. The molecule has 0 rings (SSSR count). The van der Waals surface area contributed by atoms with Crippen LogP contribution in [0.2, 0.25) is 0 Å². The summed E-state index contributed by atoms with van der Waals surface area (Å²) in [5.41, 5.74) is 0. The van der Waals surface area contributed by atoms with Crippen LogP contribution in [0.25, 0.3) is 0 Å². The molecule has 0 aromatic rings. The summed E-state index contributed by atoms with van der Waals surface area (Å²) in [6.07, 6.45) is 0. The third-order valence-electron chi connectivity index (χ3n) is 0.759. The van der Waals surface area contributed by atoms with Gasteiger partial charge >= 0.3 is 0 Å². The minimum absolute atomic E-state index is 0.351. The molecule has 0 amide bonds. The van der Waals surface area contributed by atoms with Crippen LogP contribution in [0.1, 0.15) is 27.7 Å². The first-order valence-corrected chi connectivity index (χ1v) is 3.49. The van der Waals surface area contributed by atoms with E-state index in [2.05, 4.69) is 24.1 Å². The van der Waals surface area contributed by atoms with Gasteiger partial charge in [-0.3, -0.25) is 0 Å². The van der Waals surface area contributed by atoms with Crippen molar-refractivity contribution in [2.45, 2.75) is 33.7 Å².